The molecule has 1 heterocycles. The number of hydrogen-bond acceptors (Lipinski definition) is 2. The Bertz CT molecular complexity index is 556. The number of ether oxygens (including phenoxy) is 1. The normalized spacial score (nSPS) is 11.4. The van der Waals surface area contributed by atoms with Crippen LogP contribution in [0.25, 0.3) is 16.7 Å². The van der Waals surface area contributed by atoms with Gasteiger partial charge in [-0.25, -0.2) is 0 Å². The smallest absolute Gasteiger partial charge is 0.0875 e. The molecule has 18 heavy (non-hydrogen) atoms. The van der Waals surface area contributed by atoms with Crippen LogP contribution in [0.2, 0.25) is 0 Å². The Morgan fingerprint density at radius 2 is 1.83 bits per heavy atom. The Morgan fingerprint density at radius 1 is 1.11 bits per heavy atom. The molecule has 92 valence electrons. The van der Waals surface area contributed by atoms with E-state index in [0.717, 1.165) is 11.3 Å². The summed E-state index contributed by atoms with van der Waals surface area (Å²) in [5.74, 6) is 0. The molecule has 0 fully saturated rings. The first kappa shape index (κ1) is 12.4. The van der Waals surface area contributed by atoms with E-state index in [0.29, 0.717) is 0 Å². The van der Waals surface area contributed by atoms with Crippen LogP contribution in [0.3, 0.4) is 0 Å². The first-order valence-electron chi connectivity index (χ1n) is 5.94. The molecule has 0 aliphatic carbocycles. The second-order valence-electron chi connectivity index (χ2n) is 4.33. The minimum atomic E-state index is 0.940. The highest BCUT2D eigenvalue weighted by molar-refractivity contribution is 5.69. The zero-order valence-electron chi connectivity index (χ0n) is 11.0. The van der Waals surface area contributed by atoms with Crippen molar-refractivity contribution in [1.29, 1.82) is 0 Å². The maximum Gasteiger partial charge on any atom is 0.0875 e. The molecule has 0 unspecified atom stereocenters. The first-order valence-corrected chi connectivity index (χ1v) is 5.94. The van der Waals surface area contributed by atoms with Crippen molar-refractivity contribution < 1.29 is 4.74 Å². The van der Waals surface area contributed by atoms with Crippen LogP contribution in [0, 0.1) is 6.92 Å². The van der Waals surface area contributed by atoms with Gasteiger partial charge in [-0.05, 0) is 37.1 Å². The van der Waals surface area contributed by atoms with Gasteiger partial charge in [0.2, 0.25) is 0 Å². The number of pyridine rings is 1. The van der Waals surface area contributed by atoms with Gasteiger partial charge >= 0.3 is 0 Å². The van der Waals surface area contributed by atoms with Crippen LogP contribution in [0.1, 0.15) is 18.2 Å². The van der Waals surface area contributed by atoms with Crippen molar-refractivity contribution in [1.82, 2.24) is 4.98 Å². The van der Waals surface area contributed by atoms with Crippen molar-refractivity contribution in [2.24, 2.45) is 0 Å². The van der Waals surface area contributed by atoms with Crippen molar-refractivity contribution in [3.63, 3.8) is 0 Å². The maximum atomic E-state index is 5.02. The number of hydrogen-bond donors (Lipinski definition) is 0. The van der Waals surface area contributed by atoms with Gasteiger partial charge in [-0.1, -0.05) is 29.8 Å². The summed E-state index contributed by atoms with van der Waals surface area (Å²) in [5.41, 5.74) is 5.60. The number of methoxy groups -OCH3 is 1. The molecule has 0 aliphatic heterocycles. The van der Waals surface area contributed by atoms with Gasteiger partial charge < -0.3 is 4.74 Å². The van der Waals surface area contributed by atoms with Gasteiger partial charge in [0.1, 0.15) is 0 Å². The molecule has 0 radical (unpaired) electrons. The fraction of sp³-hybridized carbons (Fsp3) is 0.188. The SMILES string of the molecule is CO/C=C(/C)c1cc(-c2ccc(C)cc2)ccn1. The lowest BCUT2D eigenvalue weighted by atomic mass is 10.0. The maximum absolute atomic E-state index is 5.02. The number of nitrogens with zero attached hydrogens (tertiary/aromatic N) is 1. The second kappa shape index (κ2) is 5.50. The summed E-state index contributed by atoms with van der Waals surface area (Å²) in [6, 6.07) is 12.6. The summed E-state index contributed by atoms with van der Waals surface area (Å²) < 4.78 is 5.02. The van der Waals surface area contributed by atoms with Crippen molar-refractivity contribution in [3.8, 4) is 11.1 Å². The summed E-state index contributed by atoms with van der Waals surface area (Å²) in [6.07, 6.45) is 3.54. The summed E-state index contributed by atoms with van der Waals surface area (Å²) in [6.45, 7) is 4.08. The van der Waals surface area contributed by atoms with Gasteiger partial charge in [-0.15, -0.1) is 0 Å². The Labute approximate surface area is 108 Å². The molecule has 0 amide bonds. The number of benzene rings is 1. The molecule has 0 atom stereocenters. The molecular formula is C16H17NO. The van der Waals surface area contributed by atoms with Crippen molar-refractivity contribution in [2.45, 2.75) is 13.8 Å². The van der Waals surface area contributed by atoms with Crippen LogP contribution >= 0.6 is 0 Å². The van der Waals surface area contributed by atoms with Crippen molar-refractivity contribution in [2.75, 3.05) is 7.11 Å². The quantitative estimate of drug-likeness (QED) is 0.753. The van der Waals surface area contributed by atoms with E-state index in [2.05, 4.69) is 42.2 Å². The van der Waals surface area contributed by atoms with E-state index < -0.39 is 0 Å². The summed E-state index contributed by atoms with van der Waals surface area (Å²) in [7, 11) is 1.65. The van der Waals surface area contributed by atoms with Crippen molar-refractivity contribution in [3.05, 3.63) is 60.1 Å². The van der Waals surface area contributed by atoms with E-state index in [1.165, 1.54) is 16.7 Å². The van der Waals surface area contributed by atoms with Crippen LogP contribution in [0.5, 0.6) is 0 Å². The highest BCUT2D eigenvalue weighted by Gasteiger charge is 2.02. The lowest BCUT2D eigenvalue weighted by Crippen LogP contribution is -1.88. The molecule has 1 aromatic heterocycles. The van der Waals surface area contributed by atoms with E-state index >= 15 is 0 Å². The van der Waals surface area contributed by atoms with E-state index in [-0.39, 0.29) is 0 Å². The third kappa shape index (κ3) is 2.77. The Balaban J connectivity index is 2.38. The van der Waals surface area contributed by atoms with Gasteiger partial charge in [0, 0.05) is 11.8 Å². The number of rotatable bonds is 3. The molecule has 2 aromatic rings. The minimum absolute atomic E-state index is 0.940. The van der Waals surface area contributed by atoms with Crippen LogP contribution < -0.4 is 0 Å². The molecule has 0 saturated heterocycles. The fourth-order valence-electron chi connectivity index (χ4n) is 1.81. The molecule has 0 N–H and O–H groups in total. The molecule has 0 aliphatic rings. The van der Waals surface area contributed by atoms with E-state index in [1.807, 2.05) is 19.2 Å². The van der Waals surface area contributed by atoms with Gasteiger partial charge in [0.25, 0.3) is 0 Å². The molecule has 2 heteroatoms. The molecule has 0 spiro atoms. The molecule has 2 rings (SSSR count). The van der Waals surface area contributed by atoms with Gasteiger partial charge in [-0.2, -0.15) is 0 Å². The Morgan fingerprint density at radius 3 is 2.50 bits per heavy atom. The topological polar surface area (TPSA) is 22.1 Å². The lowest BCUT2D eigenvalue weighted by Gasteiger charge is -2.05. The van der Waals surface area contributed by atoms with E-state index in [4.69, 9.17) is 4.74 Å². The van der Waals surface area contributed by atoms with E-state index in [9.17, 15) is 0 Å². The van der Waals surface area contributed by atoms with Crippen LogP contribution in [-0.2, 0) is 4.74 Å². The standard InChI is InChI=1S/C16H17NO/c1-12-4-6-14(7-5-12)15-8-9-17-16(10-15)13(2)11-18-3/h4-11H,1-3H3/b13-11-. The summed E-state index contributed by atoms with van der Waals surface area (Å²) >= 11 is 0. The predicted octanol–water partition coefficient (Wildman–Crippen LogP) is 4.06. The number of allylic oxidation sites excluding steroid dienone is 1. The van der Waals surface area contributed by atoms with E-state index in [1.54, 1.807) is 13.4 Å². The monoisotopic (exact) mass is 239 g/mol. The van der Waals surface area contributed by atoms with Crippen LogP contribution in [-0.4, -0.2) is 12.1 Å². The predicted molar refractivity (Wildman–Crippen MR) is 75.1 cm³/mol. The fourth-order valence-corrected chi connectivity index (χ4v) is 1.81. The molecule has 2 nitrogen and oxygen atoms in total. The molecule has 0 bridgehead atoms. The molecular weight excluding hydrogens is 222 g/mol. The molecule has 0 saturated carbocycles. The average Bonchev–Trinajstić information content (AvgIpc) is 2.40. The Kier molecular flexibility index (Phi) is 3.78. The largest absolute Gasteiger partial charge is 0.504 e. The number of aryl methyl sites for hydroxylation is 1. The van der Waals surface area contributed by atoms with Gasteiger partial charge in [0.05, 0.1) is 19.1 Å². The summed E-state index contributed by atoms with van der Waals surface area (Å²) in [4.78, 5) is 4.35. The first-order chi connectivity index (χ1) is 8.70. The zero-order valence-corrected chi connectivity index (χ0v) is 11.0. The Hall–Kier alpha value is -2.09. The van der Waals surface area contributed by atoms with Gasteiger partial charge in [0.15, 0.2) is 0 Å². The third-order valence-electron chi connectivity index (χ3n) is 2.84. The third-order valence-corrected chi connectivity index (χ3v) is 2.84. The highest BCUT2D eigenvalue weighted by Crippen LogP contribution is 2.22. The lowest BCUT2D eigenvalue weighted by molar-refractivity contribution is 0.339. The van der Waals surface area contributed by atoms with Crippen molar-refractivity contribution >= 4 is 5.57 Å². The zero-order chi connectivity index (χ0) is 13.0. The average molecular weight is 239 g/mol. The molecule has 1 aromatic carbocycles. The second-order valence-corrected chi connectivity index (χ2v) is 4.33. The van der Waals surface area contributed by atoms with Crippen LogP contribution in [0.15, 0.2) is 48.9 Å². The van der Waals surface area contributed by atoms with Gasteiger partial charge in [-0.3, -0.25) is 4.98 Å². The minimum Gasteiger partial charge on any atom is -0.504 e. The van der Waals surface area contributed by atoms with Crippen LogP contribution in [0.4, 0.5) is 0 Å². The summed E-state index contributed by atoms with van der Waals surface area (Å²) in [5, 5.41) is 0. The number of aromatic nitrogens is 1. The highest BCUT2D eigenvalue weighted by atomic mass is 16.5.